The van der Waals surface area contributed by atoms with Gasteiger partial charge in [0.15, 0.2) is 6.54 Å². The third kappa shape index (κ3) is 8.18. The molecule has 1 rings (SSSR count). The van der Waals surface area contributed by atoms with Gasteiger partial charge in [-0.15, -0.1) is 3.97 Å². The van der Waals surface area contributed by atoms with Crippen molar-refractivity contribution >= 4 is 10.2 Å². The Balaban J connectivity index is 0.00000529. The summed E-state index contributed by atoms with van der Waals surface area (Å²) < 4.78 is 28.0. The number of imidazole rings is 1. The highest BCUT2D eigenvalue weighted by atomic mass is 35.5. The molecule has 0 fully saturated rings. The van der Waals surface area contributed by atoms with Gasteiger partial charge in [-0.05, 0) is 6.42 Å². The maximum atomic E-state index is 11.9. The highest BCUT2D eigenvalue weighted by molar-refractivity contribution is 7.87. The summed E-state index contributed by atoms with van der Waals surface area (Å²) in [5, 5.41) is 0. The van der Waals surface area contributed by atoms with Gasteiger partial charge in [-0.25, -0.2) is 4.57 Å². The van der Waals surface area contributed by atoms with E-state index in [0.29, 0.717) is 6.54 Å². The molecule has 5 nitrogen and oxygen atoms in total. The molecule has 1 aromatic heterocycles. The maximum absolute atomic E-state index is 11.9. The van der Waals surface area contributed by atoms with Crippen molar-refractivity contribution in [3.05, 3.63) is 18.7 Å². The van der Waals surface area contributed by atoms with E-state index in [1.807, 2.05) is 0 Å². The summed E-state index contributed by atoms with van der Waals surface area (Å²) in [6, 6.07) is 0. The second-order valence-electron chi connectivity index (χ2n) is 5.93. The predicted molar refractivity (Wildman–Crippen MR) is 93.0 cm³/mol. The molecule has 0 aliphatic carbocycles. The number of hydrogen-bond acceptors (Lipinski definition) is 2. The first-order valence-corrected chi connectivity index (χ1v) is 9.84. The average molecular weight is 376 g/mol. The van der Waals surface area contributed by atoms with Gasteiger partial charge in [0, 0.05) is 20.5 Å². The molecule has 24 heavy (non-hydrogen) atoms. The van der Waals surface area contributed by atoms with Crippen LogP contribution in [0, 0.1) is 11.8 Å². The van der Waals surface area contributed by atoms with Gasteiger partial charge in [-0.3, -0.25) is 0 Å². The van der Waals surface area contributed by atoms with Crippen molar-refractivity contribution in [3.8, 4) is 11.8 Å². The van der Waals surface area contributed by atoms with E-state index in [2.05, 4.69) is 18.8 Å². The number of rotatable bonds is 10. The summed E-state index contributed by atoms with van der Waals surface area (Å²) in [7, 11) is -0.396. The third-order valence-corrected chi connectivity index (χ3v) is 5.36. The Morgan fingerprint density at radius 1 is 1.04 bits per heavy atom. The number of unbranched alkanes of at least 4 members (excludes halogenated alkanes) is 7. The van der Waals surface area contributed by atoms with Crippen LogP contribution < -0.4 is 17.0 Å². The van der Waals surface area contributed by atoms with Crippen molar-refractivity contribution in [1.29, 1.82) is 0 Å². The third-order valence-electron chi connectivity index (χ3n) is 3.69. The molecule has 0 radical (unpaired) electrons. The fourth-order valence-corrected chi connectivity index (χ4v) is 3.02. The molecule has 1 aromatic rings. The molecule has 0 aliphatic rings. The standard InChI is InChI=1S/C17H30N3O2S.ClH/c1-4-5-6-7-8-9-10-11-12-13-14-19-15-16-20(17-19)23(21,22)18(2)3;/h15-17H,4-11,14H2,1-3H3;1H/q+1;/p-1. The normalized spacial score (nSPS) is 11.0. The van der Waals surface area contributed by atoms with Gasteiger partial charge in [-0.2, -0.15) is 12.7 Å². The Bertz CT molecular complexity index is 615. The molecule has 0 amide bonds. The molecule has 0 N–H and O–H groups in total. The van der Waals surface area contributed by atoms with Crippen molar-refractivity contribution in [2.24, 2.45) is 0 Å². The number of aromatic nitrogens is 2. The van der Waals surface area contributed by atoms with E-state index in [1.54, 1.807) is 17.1 Å². The highest BCUT2D eigenvalue weighted by Crippen LogP contribution is 2.07. The average Bonchev–Trinajstić information content (AvgIpc) is 2.98. The second kappa shape index (κ2) is 12.3. The first-order chi connectivity index (χ1) is 11.0. The zero-order valence-corrected chi connectivity index (χ0v) is 16.6. The molecule has 0 spiro atoms. The molecular formula is C17H30ClN3O2S. The summed E-state index contributed by atoms with van der Waals surface area (Å²) in [5.41, 5.74) is 0. The molecule has 0 aromatic carbocycles. The topological polar surface area (TPSA) is 46.2 Å². The Morgan fingerprint density at radius 3 is 2.29 bits per heavy atom. The summed E-state index contributed by atoms with van der Waals surface area (Å²) in [5.74, 6) is 6.26. The minimum Gasteiger partial charge on any atom is -1.00 e. The minimum absolute atomic E-state index is 0. The lowest BCUT2D eigenvalue weighted by atomic mass is 10.1. The summed E-state index contributed by atoms with van der Waals surface area (Å²) >= 11 is 0. The Labute approximate surface area is 153 Å². The molecule has 0 saturated heterocycles. The van der Waals surface area contributed by atoms with Gasteiger partial charge in [0.05, 0.1) is 0 Å². The van der Waals surface area contributed by atoms with Gasteiger partial charge in [0.1, 0.15) is 12.4 Å². The largest absolute Gasteiger partial charge is 1.00 e. The van der Waals surface area contributed by atoms with E-state index in [-0.39, 0.29) is 12.4 Å². The molecule has 0 aliphatic heterocycles. The fraction of sp³-hybridized carbons (Fsp3) is 0.706. The summed E-state index contributed by atoms with van der Waals surface area (Å²) in [6.07, 6.45) is 14.8. The van der Waals surface area contributed by atoms with Gasteiger partial charge >= 0.3 is 10.2 Å². The van der Waals surface area contributed by atoms with Crippen LogP contribution in [0.5, 0.6) is 0 Å². The van der Waals surface area contributed by atoms with Crippen LogP contribution in [0.25, 0.3) is 0 Å². The van der Waals surface area contributed by atoms with E-state index < -0.39 is 10.2 Å². The Morgan fingerprint density at radius 2 is 1.67 bits per heavy atom. The number of hydrogen-bond donors (Lipinski definition) is 0. The molecule has 0 bridgehead atoms. The SMILES string of the molecule is CCCCCCCCCC#CC[n+]1ccn(S(=O)(=O)N(C)C)c1.[Cl-]. The zero-order chi connectivity index (χ0) is 17.1. The molecular weight excluding hydrogens is 346 g/mol. The highest BCUT2D eigenvalue weighted by Gasteiger charge is 2.22. The second-order valence-corrected chi connectivity index (χ2v) is 7.98. The van der Waals surface area contributed by atoms with Crippen LogP contribution in [0.1, 0.15) is 58.3 Å². The number of halogens is 1. The Hall–Kier alpha value is -1.03. The number of nitrogens with zero attached hydrogens (tertiary/aromatic N) is 3. The zero-order valence-electron chi connectivity index (χ0n) is 15.0. The van der Waals surface area contributed by atoms with Crippen LogP contribution in [0.2, 0.25) is 0 Å². The van der Waals surface area contributed by atoms with E-state index in [1.165, 1.54) is 67.1 Å². The maximum Gasteiger partial charge on any atom is 0.379 e. The monoisotopic (exact) mass is 375 g/mol. The summed E-state index contributed by atoms with van der Waals surface area (Å²) in [4.78, 5) is 0. The van der Waals surface area contributed by atoms with Gasteiger partial charge < -0.3 is 12.4 Å². The fourth-order valence-electron chi connectivity index (χ4n) is 2.20. The van der Waals surface area contributed by atoms with Gasteiger partial charge in [0.25, 0.3) is 6.33 Å². The van der Waals surface area contributed by atoms with Crippen molar-refractivity contribution in [2.45, 2.75) is 64.8 Å². The van der Waals surface area contributed by atoms with Crippen molar-refractivity contribution in [1.82, 2.24) is 8.28 Å². The lowest BCUT2D eigenvalue weighted by molar-refractivity contribution is -0.683. The molecule has 138 valence electrons. The smallest absolute Gasteiger partial charge is 0.379 e. The van der Waals surface area contributed by atoms with Crippen LogP contribution in [0.3, 0.4) is 0 Å². The molecule has 7 heteroatoms. The lowest BCUT2D eigenvalue weighted by Crippen LogP contribution is -3.00. The molecule has 0 saturated carbocycles. The van der Waals surface area contributed by atoms with Crippen LogP contribution in [0.4, 0.5) is 0 Å². The summed E-state index contributed by atoms with van der Waals surface area (Å²) in [6.45, 7) is 2.75. The van der Waals surface area contributed by atoms with Gasteiger partial charge in [-0.1, -0.05) is 57.3 Å². The first-order valence-electron chi connectivity index (χ1n) is 8.44. The van der Waals surface area contributed by atoms with E-state index >= 15 is 0 Å². The first kappa shape index (κ1) is 23.0. The van der Waals surface area contributed by atoms with Gasteiger partial charge in [0.2, 0.25) is 0 Å². The van der Waals surface area contributed by atoms with E-state index in [9.17, 15) is 8.42 Å². The van der Waals surface area contributed by atoms with Crippen molar-refractivity contribution < 1.29 is 25.4 Å². The van der Waals surface area contributed by atoms with Crippen LogP contribution in [-0.2, 0) is 16.8 Å². The van der Waals surface area contributed by atoms with Crippen LogP contribution >= 0.6 is 0 Å². The lowest BCUT2D eigenvalue weighted by Gasteiger charge is -2.05. The van der Waals surface area contributed by atoms with Crippen LogP contribution in [-0.4, -0.2) is 30.8 Å². The quantitative estimate of drug-likeness (QED) is 0.317. The van der Waals surface area contributed by atoms with Crippen molar-refractivity contribution in [2.75, 3.05) is 14.1 Å². The van der Waals surface area contributed by atoms with Crippen molar-refractivity contribution in [3.63, 3.8) is 0 Å². The molecule has 0 atom stereocenters. The van der Waals surface area contributed by atoms with E-state index in [0.717, 1.165) is 12.8 Å². The molecule has 1 heterocycles. The van der Waals surface area contributed by atoms with Crippen LogP contribution in [0.15, 0.2) is 18.7 Å². The molecule has 0 unspecified atom stereocenters. The van der Waals surface area contributed by atoms with E-state index in [4.69, 9.17) is 0 Å². The minimum atomic E-state index is -3.43. The Kier molecular flexibility index (Phi) is 11.8. The predicted octanol–water partition coefficient (Wildman–Crippen LogP) is -0.422.